The van der Waals surface area contributed by atoms with Crippen LogP contribution in [0.3, 0.4) is 0 Å². The van der Waals surface area contributed by atoms with E-state index in [0.717, 1.165) is 0 Å². The molecule has 0 bridgehead atoms. The third-order valence-corrected chi connectivity index (χ3v) is 3.83. The predicted octanol–water partition coefficient (Wildman–Crippen LogP) is 3.29. The van der Waals surface area contributed by atoms with Crippen molar-refractivity contribution in [3.63, 3.8) is 0 Å². The number of rotatable bonds is 4. The monoisotopic (exact) mass is 376 g/mol. The van der Waals surface area contributed by atoms with Crippen LogP contribution in [-0.4, -0.2) is 23.8 Å². The van der Waals surface area contributed by atoms with Gasteiger partial charge < -0.3 is 10.6 Å². The second-order valence-electron chi connectivity index (χ2n) is 5.38. The number of carbonyl (C=O) groups is 2. The number of nitrogens with one attached hydrogen (secondary N) is 3. The highest BCUT2D eigenvalue weighted by Gasteiger charge is 2.28. The molecule has 25 heavy (non-hydrogen) atoms. The van der Waals surface area contributed by atoms with Crippen molar-refractivity contribution in [2.75, 3.05) is 10.6 Å². The zero-order chi connectivity index (χ0) is 17.8. The number of hydrogen-bond acceptors (Lipinski definition) is 4. The highest BCUT2D eigenvalue weighted by molar-refractivity contribution is 6.35. The van der Waals surface area contributed by atoms with Crippen LogP contribution in [0, 0.1) is 0 Å². The molecule has 0 radical (unpaired) electrons. The molecule has 1 aliphatic heterocycles. The molecule has 0 aliphatic carbocycles. The van der Waals surface area contributed by atoms with Gasteiger partial charge in [-0.25, -0.2) is 4.99 Å². The summed E-state index contributed by atoms with van der Waals surface area (Å²) >= 11 is 11.9. The van der Waals surface area contributed by atoms with Crippen molar-refractivity contribution >= 4 is 52.4 Å². The molecule has 0 aromatic heterocycles. The second kappa shape index (κ2) is 7.55. The first-order chi connectivity index (χ1) is 12.0. The number of guanidine groups is 1. The molecule has 2 amide bonds. The average Bonchev–Trinajstić information content (AvgIpc) is 2.86. The molecule has 1 atom stereocenters. The largest absolute Gasteiger partial charge is 0.326 e. The molecule has 3 rings (SSSR count). The van der Waals surface area contributed by atoms with E-state index in [1.165, 1.54) is 0 Å². The molecule has 6 nitrogen and oxygen atoms in total. The van der Waals surface area contributed by atoms with Crippen molar-refractivity contribution in [1.82, 2.24) is 5.32 Å². The van der Waals surface area contributed by atoms with Gasteiger partial charge in [0, 0.05) is 21.4 Å². The standard InChI is InChI=1S/C17H14Cl2N4O2/c18-10-6-11(19)8-13(7-10)21-17-22-14(16(25)23-17)9-15(24)20-12-4-2-1-3-5-12/h1-8,14H,9H2,(H,20,24)(H2,21,22,23,25). The SMILES string of the molecule is O=C(CC1N=C(Nc2cc(Cl)cc(Cl)c2)NC1=O)Nc1ccccc1. The van der Waals surface area contributed by atoms with E-state index in [1.807, 2.05) is 18.2 Å². The molecule has 0 fully saturated rings. The lowest BCUT2D eigenvalue weighted by molar-refractivity contribution is -0.123. The summed E-state index contributed by atoms with van der Waals surface area (Å²) < 4.78 is 0. The third kappa shape index (κ3) is 4.71. The van der Waals surface area contributed by atoms with Crippen LogP contribution < -0.4 is 16.0 Å². The van der Waals surface area contributed by atoms with Crippen LogP contribution in [0.2, 0.25) is 10.0 Å². The Morgan fingerprint density at radius 2 is 1.76 bits per heavy atom. The third-order valence-electron chi connectivity index (χ3n) is 3.39. The van der Waals surface area contributed by atoms with E-state index in [1.54, 1.807) is 30.3 Å². The predicted molar refractivity (Wildman–Crippen MR) is 99.1 cm³/mol. The molecular formula is C17H14Cl2N4O2. The normalized spacial score (nSPS) is 16.2. The first-order valence-electron chi connectivity index (χ1n) is 7.46. The number of halogens is 2. The zero-order valence-electron chi connectivity index (χ0n) is 12.9. The van der Waals surface area contributed by atoms with Gasteiger partial charge >= 0.3 is 0 Å². The molecule has 0 spiro atoms. The van der Waals surface area contributed by atoms with Crippen molar-refractivity contribution in [2.45, 2.75) is 12.5 Å². The van der Waals surface area contributed by atoms with Crippen LogP contribution in [0.25, 0.3) is 0 Å². The summed E-state index contributed by atoms with van der Waals surface area (Å²) in [6, 6.07) is 13.1. The minimum Gasteiger partial charge on any atom is -0.326 e. The number of nitrogens with zero attached hydrogens (tertiary/aromatic N) is 1. The van der Waals surface area contributed by atoms with Crippen LogP contribution in [-0.2, 0) is 9.59 Å². The average molecular weight is 377 g/mol. The van der Waals surface area contributed by atoms with Crippen molar-refractivity contribution in [2.24, 2.45) is 4.99 Å². The Bertz CT molecular complexity index is 820. The number of hydrogen-bond donors (Lipinski definition) is 3. The minimum atomic E-state index is -0.791. The Hall–Kier alpha value is -2.57. The van der Waals surface area contributed by atoms with E-state index in [0.29, 0.717) is 21.4 Å². The van der Waals surface area contributed by atoms with E-state index in [4.69, 9.17) is 23.2 Å². The first-order valence-corrected chi connectivity index (χ1v) is 8.22. The number of amides is 2. The Labute approximate surface area is 154 Å². The van der Waals surface area contributed by atoms with Gasteiger partial charge in [-0.15, -0.1) is 0 Å². The molecule has 1 aliphatic rings. The molecule has 8 heteroatoms. The van der Waals surface area contributed by atoms with Crippen molar-refractivity contribution < 1.29 is 9.59 Å². The maximum Gasteiger partial charge on any atom is 0.252 e. The maximum absolute atomic E-state index is 12.1. The number of anilines is 2. The van der Waals surface area contributed by atoms with Gasteiger partial charge in [-0.3, -0.25) is 14.9 Å². The van der Waals surface area contributed by atoms with E-state index < -0.39 is 6.04 Å². The lowest BCUT2D eigenvalue weighted by atomic mass is 10.2. The highest BCUT2D eigenvalue weighted by atomic mass is 35.5. The molecular weight excluding hydrogens is 363 g/mol. The number of para-hydroxylation sites is 1. The summed E-state index contributed by atoms with van der Waals surface area (Å²) in [5.74, 6) is -0.387. The van der Waals surface area contributed by atoms with Gasteiger partial charge in [0.1, 0.15) is 6.04 Å². The lowest BCUT2D eigenvalue weighted by Crippen LogP contribution is -2.33. The number of carbonyl (C=O) groups excluding carboxylic acids is 2. The molecule has 1 heterocycles. The summed E-state index contributed by atoms with van der Waals surface area (Å²) in [7, 11) is 0. The minimum absolute atomic E-state index is 0.0534. The molecule has 3 N–H and O–H groups in total. The van der Waals surface area contributed by atoms with Crippen LogP contribution in [0.1, 0.15) is 6.42 Å². The van der Waals surface area contributed by atoms with E-state index in [9.17, 15) is 9.59 Å². The smallest absolute Gasteiger partial charge is 0.252 e. The number of benzene rings is 2. The Morgan fingerprint density at radius 1 is 1.08 bits per heavy atom. The molecule has 1 unspecified atom stereocenters. The highest BCUT2D eigenvalue weighted by Crippen LogP contribution is 2.22. The van der Waals surface area contributed by atoms with Crippen LogP contribution in [0.5, 0.6) is 0 Å². The fourth-order valence-corrected chi connectivity index (χ4v) is 2.85. The van der Waals surface area contributed by atoms with Gasteiger partial charge in [0.25, 0.3) is 5.91 Å². The number of aliphatic imine (C=N–C) groups is 1. The van der Waals surface area contributed by atoms with Gasteiger partial charge in [-0.1, -0.05) is 41.4 Å². The van der Waals surface area contributed by atoms with E-state index in [2.05, 4.69) is 20.9 Å². The quantitative estimate of drug-likeness (QED) is 0.765. The maximum atomic E-state index is 12.1. The fraction of sp³-hybridized carbons (Fsp3) is 0.118. The summed E-state index contributed by atoms with van der Waals surface area (Å²) in [5, 5.41) is 9.16. The molecule has 2 aromatic carbocycles. The summed E-state index contributed by atoms with van der Waals surface area (Å²) in [4.78, 5) is 28.3. The van der Waals surface area contributed by atoms with Crippen molar-refractivity contribution in [3.05, 3.63) is 58.6 Å². The van der Waals surface area contributed by atoms with Gasteiger partial charge in [0.15, 0.2) is 0 Å². The fourth-order valence-electron chi connectivity index (χ4n) is 2.32. The molecule has 2 aromatic rings. The van der Waals surface area contributed by atoms with Crippen LogP contribution >= 0.6 is 23.2 Å². The lowest BCUT2D eigenvalue weighted by Gasteiger charge is -2.06. The summed E-state index contributed by atoms with van der Waals surface area (Å²) in [6.45, 7) is 0. The van der Waals surface area contributed by atoms with Gasteiger partial charge in [0.05, 0.1) is 6.42 Å². The second-order valence-corrected chi connectivity index (χ2v) is 6.26. The summed E-state index contributed by atoms with van der Waals surface area (Å²) in [5.41, 5.74) is 1.26. The van der Waals surface area contributed by atoms with Crippen LogP contribution in [0.15, 0.2) is 53.5 Å². The molecule has 0 saturated carbocycles. The van der Waals surface area contributed by atoms with Gasteiger partial charge in [-0.2, -0.15) is 0 Å². The Kier molecular flexibility index (Phi) is 5.21. The van der Waals surface area contributed by atoms with E-state index in [-0.39, 0.29) is 24.2 Å². The zero-order valence-corrected chi connectivity index (χ0v) is 14.4. The topological polar surface area (TPSA) is 82.6 Å². The van der Waals surface area contributed by atoms with Crippen molar-refractivity contribution in [1.29, 1.82) is 0 Å². The Morgan fingerprint density at radius 3 is 2.44 bits per heavy atom. The Balaban J connectivity index is 1.63. The van der Waals surface area contributed by atoms with E-state index >= 15 is 0 Å². The molecule has 128 valence electrons. The summed E-state index contributed by atoms with van der Waals surface area (Å²) in [6.07, 6.45) is -0.0534. The van der Waals surface area contributed by atoms with Gasteiger partial charge in [0.2, 0.25) is 11.9 Å². The first kappa shape index (κ1) is 17.3. The van der Waals surface area contributed by atoms with Crippen LogP contribution in [0.4, 0.5) is 11.4 Å². The van der Waals surface area contributed by atoms with Gasteiger partial charge in [-0.05, 0) is 30.3 Å². The van der Waals surface area contributed by atoms with Crippen molar-refractivity contribution in [3.8, 4) is 0 Å². The molecule has 0 saturated heterocycles.